The Hall–Kier alpha value is -2.23. The van der Waals surface area contributed by atoms with Crippen LogP contribution in [0.3, 0.4) is 0 Å². The van der Waals surface area contributed by atoms with E-state index in [2.05, 4.69) is 11.2 Å². The summed E-state index contributed by atoms with van der Waals surface area (Å²) < 4.78 is 10.3. The van der Waals surface area contributed by atoms with Crippen LogP contribution in [0, 0.1) is 29.1 Å². The molecule has 2 amide bonds. The van der Waals surface area contributed by atoms with E-state index in [-0.39, 0.29) is 11.8 Å². The van der Waals surface area contributed by atoms with Gasteiger partial charge in [0.25, 0.3) is 0 Å². The number of likely N-dealkylation sites (tertiary alicyclic amines) is 1. The van der Waals surface area contributed by atoms with Crippen LogP contribution in [0.15, 0.2) is 0 Å². The van der Waals surface area contributed by atoms with Crippen molar-refractivity contribution in [3.8, 4) is 12.3 Å². The van der Waals surface area contributed by atoms with Gasteiger partial charge in [-0.1, -0.05) is 20.8 Å². The standard InChI is InChI=1S/C22H36N2O5/c1-11-22(8,9)14-12-13-24(15(14)18(26)28-10)17(25)16(20(2,3)4)23-19(27)29-21(5,6)7/h1,14-16H,12-13H2,2-10H3,(H,23,27)/t14?,15?,16-/m1/s1. The SMILES string of the molecule is C#CC(C)(C)C1CCN(C(=O)[C@@H](NC(=O)OC(C)(C)C)C(C)(C)C)C1C(=O)OC. The van der Waals surface area contributed by atoms with E-state index >= 15 is 0 Å². The Morgan fingerprint density at radius 2 is 1.66 bits per heavy atom. The summed E-state index contributed by atoms with van der Waals surface area (Å²) in [5.41, 5.74) is -1.89. The molecule has 1 aliphatic rings. The summed E-state index contributed by atoms with van der Waals surface area (Å²) in [6.45, 7) is 14.9. The number of terminal acetylenes is 1. The fourth-order valence-corrected chi connectivity index (χ4v) is 3.55. The van der Waals surface area contributed by atoms with Crippen molar-refractivity contribution in [1.82, 2.24) is 10.2 Å². The number of hydrogen-bond donors (Lipinski definition) is 1. The zero-order chi connectivity index (χ0) is 22.8. The average Bonchev–Trinajstić information content (AvgIpc) is 3.01. The zero-order valence-electron chi connectivity index (χ0n) is 19.2. The van der Waals surface area contributed by atoms with Gasteiger partial charge >= 0.3 is 12.1 Å². The lowest BCUT2D eigenvalue weighted by molar-refractivity contribution is -0.154. The first-order chi connectivity index (χ1) is 13.0. The third kappa shape index (κ3) is 6.12. The summed E-state index contributed by atoms with van der Waals surface area (Å²) >= 11 is 0. The quantitative estimate of drug-likeness (QED) is 0.571. The van der Waals surface area contributed by atoms with Gasteiger partial charge in [-0.05, 0) is 46.5 Å². The predicted octanol–water partition coefficient (Wildman–Crippen LogP) is 2.98. The molecule has 0 spiro atoms. The monoisotopic (exact) mass is 408 g/mol. The number of esters is 1. The lowest BCUT2D eigenvalue weighted by atomic mass is 9.75. The van der Waals surface area contributed by atoms with E-state index in [4.69, 9.17) is 15.9 Å². The Bertz CT molecular complexity index is 679. The second-order valence-corrected chi connectivity index (χ2v) is 10.2. The molecule has 0 aromatic heterocycles. The molecule has 3 atom stereocenters. The van der Waals surface area contributed by atoms with Crippen LogP contribution < -0.4 is 5.32 Å². The summed E-state index contributed by atoms with van der Waals surface area (Å²) in [4.78, 5) is 39.9. The Morgan fingerprint density at radius 1 is 1.10 bits per heavy atom. The third-order valence-corrected chi connectivity index (χ3v) is 5.20. The molecule has 1 rings (SSSR count). The fraction of sp³-hybridized carbons (Fsp3) is 0.773. The summed E-state index contributed by atoms with van der Waals surface area (Å²) in [6, 6.07) is -1.68. The second-order valence-electron chi connectivity index (χ2n) is 10.2. The number of nitrogens with one attached hydrogen (secondary N) is 1. The van der Waals surface area contributed by atoms with Crippen LogP contribution in [-0.4, -0.2) is 54.2 Å². The van der Waals surface area contributed by atoms with Gasteiger partial charge in [0.15, 0.2) is 0 Å². The van der Waals surface area contributed by atoms with Gasteiger partial charge in [0.05, 0.1) is 7.11 Å². The van der Waals surface area contributed by atoms with Crippen LogP contribution >= 0.6 is 0 Å². The molecule has 1 saturated heterocycles. The van der Waals surface area contributed by atoms with E-state index in [0.717, 1.165) is 0 Å². The van der Waals surface area contributed by atoms with Crippen molar-refractivity contribution in [2.75, 3.05) is 13.7 Å². The molecule has 1 aliphatic heterocycles. The topological polar surface area (TPSA) is 84.9 Å². The molecule has 164 valence electrons. The van der Waals surface area contributed by atoms with Crippen molar-refractivity contribution in [3.05, 3.63) is 0 Å². The van der Waals surface area contributed by atoms with E-state index < -0.39 is 40.6 Å². The van der Waals surface area contributed by atoms with Gasteiger partial charge in [-0.25, -0.2) is 9.59 Å². The van der Waals surface area contributed by atoms with Crippen molar-refractivity contribution in [2.24, 2.45) is 16.7 Å². The molecular weight excluding hydrogens is 372 g/mol. The van der Waals surface area contributed by atoms with Gasteiger partial charge in [-0.3, -0.25) is 4.79 Å². The number of nitrogens with zero attached hydrogens (tertiary/aromatic N) is 1. The molecule has 1 N–H and O–H groups in total. The number of carbonyl (C=O) groups excluding carboxylic acids is 3. The average molecular weight is 409 g/mol. The first kappa shape index (κ1) is 24.8. The lowest BCUT2D eigenvalue weighted by Crippen LogP contribution is -2.58. The Kier molecular flexibility index (Phi) is 7.39. The number of alkyl carbamates (subject to hydrolysis) is 1. The second kappa shape index (κ2) is 8.64. The van der Waals surface area contributed by atoms with Gasteiger partial charge in [-0.2, -0.15) is 0 Å². The molecule has 7 nitrogen and oxygen atoms in total. The summed E-state index contributed by atoms with van der Waals surface area (Å²) in [5.74, 6) is 1.63. The van der Waals surface area contributed by atoms with E-state index in [1.54, 1.807) is 20.8 Å². The van der Waals surface area contributed by atoms with Crippen molar-refractivity contribution in [1.29, 1.82) is 0 Å². The summed E-state index contributed by atoms with van der Waals surface area (Å²) in [6.07, 6.45) is 5.58. The van der Waals surface area contributed by atoms with Crippen LogP contribution in [0.5, 0.6) is 0 Å². The van der Waals surface area contributed by atoms with Crippen molar-refractivity contribution < 1.29 is 23.9 Å². The number of hydrogen-bond acceptors (Lipinski definition) is 5. The highest BCUT2D eigenvalue weighted by molar-refractivity contribution is 5.91. The molecule has 1 heterocycles. The van der Waals surface area contributed by atoms with Gasteiger partial charge in [0.2, 0.25) is 5.91 Å². The first-order valence-corrected chi connectivity index (χ1v) is 9.90. The minimum Gasteiger partial charge on any atom is -0.467 e. The zero-order valence-corrected chi connectivity index (χ0v) is 19.2. The predicted molar refractivity (Wildman–Crippen MR) is 111 cm³/mol. The molecule has 0 aromatic carbocycles. The smallest absolute Gasteiger partial charge is 0.408 e. The maximum absolute atomic E-state index is 13.5. The van der Waals surface area contributed by atoms with Crippen LogP contribution in [-0.2, 0) is 19.1 Å². The minimum atomic E-state index is -0.878. The molecule has 0 aliphatic carbocycles. The summed E-state index contributed by atoms with van der Waals surface area (Å²) in [5, 5.41) is 2.69. The van der Waals surface area contributed by atoms with Crippen LogP contribution in [0.1, 0.15) is 61.8 Å². The van der Waals surface area contributed by atoms with Crippen molar-refractivity contribution >= 4 is 18.0 Å². The molecule has 29 heavy (non-hydrogen) atoms. The van der Waals surface area contributed by atoms with Crippen LogP contribution in [0.25, 0.3) is 0 Å². The highest BCUT2D eigenvalue weighted by atomic mass is 16.6. The summed E-state index contributed by atoms with van der Waals surface area (Å²) in [7, 11) is 1.30. The largest absolute Gasteiger partial charge is 0.467 e. The Morgan fingerprint density at radius 3 is 2.07 bits per heavy atom. The molecule has 1 fully saturated rings. The fourth-order valence-electron chi connectivity index (χ4n) is 3.55. The van der Waals surface area contributed by atoms with Gasteiger partial charge in [0, 0.05) is 17.9 Å². The van der Waals surface area contributed by atoms with Gasteiger partial charge in [-0.15, -0.1) is 12.3 Å². The third-order valence-electron chi connectivity index (χ3n) is 5.20. The van der Waals surface area contributed by atoms with E-state index in [1.807, 2.05) is 34.6 Å². The van der Waals surface area contributed by atoms with Crippen LogP contribution in [0.2, 0.25) is 0 Å². The van der Waals surface area contributed by atoms with Crippen LogP contribution in [0.4, 0.5) is 4.79 Å². The van der Waals surface area contributed by atoms with Gasteiger partial charge < -0.3 is 19.7 Å². The number of methoxy groups -OCH3 is 1. The van der Waals surface area contributed by atoms with Gasteiger partial charge in [0.1, 0.15) is 17.7 Å². The van der Waals surface area contributed by atoms with E-state index in [0.29, 0.717) is 13.0 Å². The molecule has 0 saturated carbocycles. The highest BCUT2D eigenvalue weighted by Gasteiger charge is 2.51. The molecule has 0 radical (unpaired) electrons. The molecule has 2 unspecified atom stereocenters. The Balaban J connectivity index is 3.22. The van der Waals surface area contributed by atoms with E-state index in [9.17, 15) is 14.4 Å². The maximum atomic E-state index is 13.5. The molecule has 0 bridgehead atoms. The normalized spacial score (nSPS) is 21.2. The van der Waals surface area contributed by atoms with E-state index in [1.165, 1.54) is 12.0 Å². The lowest BCUT2D eigenvalue weighted by Gasteiger charge is -2.37. The molecular formula is C22H36N2O5. The highest BCUT2D eigenvalue weighted by Crippen LogP contribution is 2.40. The van der Waals surface area contributed by atoms with Crippen molar-refractivity contribution in [2.45, 2.75) is 79.5 Å². The number of rotatable bonds is 4. The van der Waals surface area contributed by atoms with Crippen molar-refractivity contribution in [3.63, 3.8) is 0 Å². The minimum absolute atomic E-state index is 0.244. The Labute approximate surface area is 174 Å². The maximum Gasteiger partial charge on any atom is 0.408 e. The molecule has 7 heteroatoms. The number of ether oxygens (including phenoxy) is 2. The molecule has 0 aromatic rings. The first-order valence-electron chi connectivity index (χ1n) is 9.90. The number of amides is 2. The number of carbonyl (C=O) groups is 3.